The maximum absolute atomic E-state index is 10.7. The van der Waals surface area contributed by atoms with Crippen LogP contribution >= 0.6 is 22.6 Å². The molecule has 0 aliphatic carbocycles. The van der Waals surface area contributed by atoms with Gasteiger partial charge in [0.1, 0.15) is 0 Å². The van der Waals surface area contributed by atoms with E-state index in [1.807, 2.05) is 22.6 Å². The van der Waals surface area contributed by atoms with Gasteiger partial charge in [0.25, 0.3) is 0 Å². The van der Waals surface area contributed by atoms with E-state index in [1.54, 1.807) is 0 Å². The van der Waals surface area contributed by atoms with Crippen molar-refractivity contribution in [2.75, 3.05) is 19.6 Å². The molecule has 0 bridgehead atoms. The highest BCUT2D eigenvalue weighted by Crippen LogP contribution is 2.16. The first kappa shape index (κ1) is 10.4. The third-order valence-corrected chi connectivity index (χ3v) is 3.04. The standard InChI is InChI=1S/C9H16INO/c1-8-2-5-11(6-3-8)7-4-9(10)12/h8H,2-7H2,1H3. The number of halogens is 1. The van der Waals surface area contributed by atoms with Crippen LogP contribution in [0.3, 0.4) is 0 Å². The van der Waals surface area contributed by atoms with Crippen molar-refractivity contribution >= 4 is 26.4 Å². The number of likely N-dealkylation sites (tertiary alicyclic amines) is 1. The van der Waals surface area contributed by atoms with Crippen LogP contribution in [-0.4, -0.2) is 28.3 Å². The fourth-order valence-electron chi connectivity index (χ4n) is 1.53. The zero-order valence-corrected chi connectivity index (χ0v) is 9.71. The van der Waals surface area contributed by atoms with Gasteiger partial charge in [-0.1, -0.05) is 6.92 Å². The summed E-state index contributed by atoms with van der Waals surface area (Å²) in [7, 11) is 0. The molecule has 1 rings (SSSR count). The first-order chi connectivity index (χ1) is 5.68. The quantitative estimate of drug-likeness (QED) is 0.583. The van der Waals surface area contributed by atoms with Crippen LogP contribution in [0.4, 0.5) is 0 Å². The summed E-state index contributed by atoms with van der Waals surface area (Å²) >= 11 is 1.88. The van der Waals surface area contributed by atoms with Crippen LogP contribution in [0.5, 0.6) is 0 Å². The van der Waals surface area contributed by atoms with Gasteiger partial charge < -0.3 is 4.90 Å². The van der Waals surface area contributed by atoms with Gasteiger partial charge in [0.05, 0.1) is 0 Å². The highest BCUT2D eigenvalue weighted by atomic mass is 127. The van der Waals surface area contributed by atoms with Crippen molar-refractivity contribution in [1.82, 2.24) is 4.90 Å². The van der Waals surface area contributed by atoms with Crippen molar-refractivity contribution in [3.05, 3.63) is 0 Å². The Kier molecular flexibility index (Phi) is 4.50. The Morgan fingerprint density at radius 2 is 2.08 bits per heavy atom. The molecule has 0 amide bonds. The van der Waals surface area contributed by atoms with Crippen molar-refractivity contribution < 1.29 is 4.79 Å². The van der Waals surface area contributed by atoms with Crippen molar-refractivity contribution in [1.29, 1.82) is 0 Å². The number of hydrogen-bond donors (Lipinski definition) is 0. The van der Waals surface area contributed by atoms with E-state index in [0.717, 1.165) is 18.9 Å². The molecule has 0 aromatic carbocycles. The van der Waals surface area contributed by atoms with E-state index < -0.39 is 0 Å². The Bertz CT molecular complexity index is 153. The SMILES string of the molecule is CC1CCN(CCC(=O)I)CC1. The molecule has 1 fully saturated rings. The summed E-state index contributed by atoms with van der Waals surface area (Å²) < 4.78 is 0.284. The number of carbonyl (C=O) groups is 1. The number of nitrogens with zero attached hydrogens (tertiary/aromatic N) is 1. The van der Waals surface area contributed by atoms with E-state index in [-0.39, 0.29) is 3.79 Å². The van der Waals surface area contributed by atoms with Crippen molar-refractivity contribution in [3.63, 3.8) is 0 Å². The van der Waals surface area contributed by atoms with Gasteiger partial charge in [0.15, 0.2) is 3.79 Å². The van der Waals surface area contributed by atoms with Gasteiger partial charge in [-0.05, 0) is 54.4 Å². The average Bonchev–Trinajstić information content (AvgIpc) is 2.03. The predicted molar refractivity (Wildman–Crippen MR) is 58.5 cm³/mol. The smallest absolute Gasteiger partial charge is 0.193 e. The van der Waals surface area contributed by atoms with E-state index in [4.69, 9.17) is 0 Å². The van der Waals surface area contributed by atoms with Crippen LogP contribution in [0.25, 0.3) is 0 Å². The Balaban J connectivity index is 2.13. The molecule has 70 valence electrons. The van der Waals surface area contributed by atoms with Gasteiger partial charge in [0.2, 0.25) is 0 Å². The number of rotatable bonds is 3. The van der Waals surface area contributed by atoms with Gasteiger partial charge >= 0.3 is 0 Å². The predicted octanol–water partition coefficient (Wildman–Crippen LogP) is 2.07. The molecule has 1 aliphatic rings. The Morgan fingerprint density at radius 3 is 2.58 bits per heavy atom. The Labute approximate surface area is 87.8 Å². The van der Waals surface area contributed by atoms with Gasteiger partial charge in [-0.25, -0.2) is 0 Å². The van der Waals surface area contributed by atoms with Crippen LogP contribution in [0.2, 0.25) is 0 Å². The average molecular weight is 281 g/mol. The van der Waals surface area contributed by atoms with Crippen molar-refractivity contribution in [2.24, 2.45) is 5.92 Å². The molecule has 0 spiro atoms. The molecule has 1 saturated heterocycles. The van der Waals surface area contributed by atoms with E-state index in [1.165, 1.54) is 25.9 Å². The molecule has 1 heterocycles. The lowest BCUT2D eigenvalue weighted by Crippen LogP contribution is -2.34. The summed E-state index contributed by atoms with van der Waals surface area (Å²) in [5.41, 5.74) is 0. The largest absolute Gasteiger partial charge is 0.303 e. The first-order valence-electron chi connectivity index (χ1n) is 4.59. The number of piperidine rings is 1. The minimum atomic E-state index is 0.284. The zero-order chi connectivity index (χ0) is 8.97. The number of hydrogen-bond acceptors (Lipinski definition) is 2. The fraction of sp³-hybridized carbons (Fsp3) is 0.889. The maximum Gasteiger partial charge on any atom is 0.193 e. The lowest BCUT2D eigenvalue weighted by atomic mass is 9.99. The molecular formula is C9H16INO. The lowest BCUT2D eigenvalue weighted by molar-refractivity contribution is -0.109. The molecular weight excluding hydrogens is 265 g/mol. The third-order valence-electron chi connectivity index (χ3n) is 2.50. The van der Waals surface area contributed by atoms with E-state index in [9.17, 15) is 4.79 Å². The molecule has 2 nitrogen and oxygen atoms in total. The van der Waals surface area contributed by atoms with Crippen LogP contribution in [-0.2, 0) is 4.79 Å². The fourth-order valence-corrected chi connectivity index (χ4v) is 1.77. The van der Waals surface area contributed by atoms with Crippen molar-refractivity contribution in [3.8, 4) is 0 Å². The summed E-state index contributed by atoms with van der Waals surface area (Å²) in [5, 5.41) is 0. The van der Waals surface area contributed by atoms with Crippen LogP contribution < -0.4 is 0 Å². The minimum absolute atomic E-state index is 0.284. The van der Waals surface area contributed by atoms with Gasteiger partial charge in [-0.2, -0.15) is 0 Å². The molecule has 0 N–H and O–H groups in total. The van der Waals surface area contributed by atoms with Crippen LogP contribution in [0.15, 0.2) is 0 Å². The third kappa shape index (κ3) is 3.85. The van der Waals surface area contributed by atoms with Gasteiger partial charge in [-0.15, -0.1) is 0 Å². The topological polar surface area (TPSA) is 20.3 Å². The summed E-state index contributed by atoms with van der Waals surface area (Å²) in [4.78, 5) is 13.1. The highest BCUT2D eigenvalue weighted by molar-refractivity contribution is 14.1. The molecule has 3 heteroatoms. The molecule has 0 radical (unpaired) electrons. The second-order valence-electron chi connectivity index (χ2n) is 3.63. The number of carbonyl (C=O) groups excluding carboxylic acids is 1. The summed E-state index contributed by atoms with van der Waals surface area (Å²) in [6.45, 7) is 5.64. The second kappa shape index (κ2) is 5.17. The summed E-state index contributed by atoms with van der Waals surface area (Å²) in [6, 6.07) is 0. The maximum atomic E-state index is 10.7. The van der Waals surface area contributed by atoms with Gasteiger partial charge in [0, 0.05) is 13.0 Å². The summed E-state index contributed by atoms with van der Waals surface area (Å²) in [6.07, 6.45) is 3.32. The molecule has 12 heavy (non-hydrogen) atoms. The Hall–Kier alpha value is 0.360. The van der Waals surface area contributed by atoms with E-state index >= 15 is 0 Å². The lowest BCUT2D eigenvalue weighted by Gasteiger charge is -2.29. The molecule has 0 atom stereocenters. The molecule has 0 aromatic heterocycles. The monoisotopic (exact) mass is 281 g/mol. The highest BCUT2D eigenvalue weighted by Gasteiger charge is 2.15. The van der Waals surface area contributed by atoms with E-state index in [0.29, 0.717) is 0 Å². The van der Waals surface area contributed by atoms with Crippen molar-refractivity contribution in [2.45, 2.75) is 26.2 Å². The van der Waals surface area contributed by atoms with E-state index in [2.05, 4.69) is 11.8 Å². The van der Waals surface area contributed by atoms with Gasteiger partial charge in [-0.3, -0.25) is 4.79 Å². The van der Waals surface area contributed by atoms with Crippen LogP contribution in [0, 0.1) is 5.92 Å². The summed E-state index contributed by atoms with van der Waals surface area (Å²) in [5.74, 6) is 0.886. The molecule has 0 aromatic rings. The second-order valence-corrected chi connectivity index (χ2v) is 4.83. The zero-order valence-electron chi connectivity index (χ0n) is 7.55. The first-order valence-corrected chi connectivity index (χ1v) is 5.67. The Morgan fingerprint density at radius 1 is 1.50 bits per heavy atom. The minimum Gasteiger partial charge on any atom is -0.303 e. The molecule has 1 aliphatic heterocycles. The normalized spacial score (nSPS) is 21.2. The molecule has 0 unspecified atom stereocenters. The molecule has 0 saturated carbocycles. The van der Waals surface area contributed by atoms with Crippen LogP contribution in [0.1, 0.15) is 26.2 Å².